The number of carboxylic acid groups (broad SMARTS) is 1. The SMILES string of the molecule is C[CH+]CCC(=O)C(=O)[O-]. The summed E-state index contributed by atoms with van der Waals surface area (Å²) in [5.74, 6) is -2.41. The molecule has 0 fully saturated rings. The van der Waals surface area contributed by atoms with Crippen LogP contribution < -0.4 is 5.11 Å². The monoisotopic (exact) mass is 128 g/mol. The Hall–Kier alpha value is -0.990. The van der Waals surface area contributed by atoms with Crippen LogP contribution in [0.25, 0.3) is 0 Å². The minimum Gasteiger partial charge on any atom is -0.542 e. The number of unbranched alkanes of at least 4 members (excludes halogenated alkanes) is 1. The first-order chi connectivity index (χ1) is 4.18. The summed E-state index contributed by atoms with van der Waals surface area (Å²) >= 11 is 0. The molecule has 3 nitrogen and oxygen atoms in total. The van der Waals surface area contributed by atoms with E-state index in [2.05, 4.69) is 0 Å². The minimum absolute atomic E-state index is 0.0544. The van der Waals surface area contributed by atoms with Crippen molar-refractivity contribution in [1.29, 1.82) is 0 Å². The zero-order valence-electron chi connectivity index (χ0n) is 5.22. The zero-order chi connectivity index (χ0) is 7.28. The normalized spacial score (nSPS) is 8.56. The van der Waals surface area contributed by atoms with Gasteiger partial charge in [-0.1, -0.05) is 0 Å². The Morgan fingerprint density at radius 1 is 1.56 bits per heavy atom. The highest BCUT2D eigenvalue weighted by atomic mass is 16.4. The molecule has 0 spiro atoms. The maximum absolute atomic E-state index is 10.2. The molecule has 0 aromatic rings. The van der Waals surface area contributed by atoms with E-state index >= 15 is 0 Å². The van der Waals surface area contributed by atoms with Gasteiger partial charge >= 0.3 is 0 Å². The Labute approximate surface area is 53.7 Å². The second-order valence-corrected chi connectivity index (χ2v) is 1.66. The molecule has 0 aromatic heterocycles. The number of carboxylic acids is 1. The van der Waals surface area contributed by atoms with Gasteiger partial charge in [-0.25, -0.2) is 0 Å². The number of rotatable bonds is 4. The van der Waals surface area contributed by atoms with Gasteiger partial charge in [0, 0.05) is 0 Å². The second-order valence-electron chi connectivity index (χ2n) is 1.66. The Balaban J connectivity index is 3.39. The van der Waals surface area contributed by atoms with Gasteiger partial charge in [-0.3, -0.25) is 4.79 Å². The van der Waals surface area contributed by atoms with E-state index in [1.807, 2.05) is 0 Å². The van der Waals surface area contributed by atoms with Crippen LogP contribution in [-0.2, 0) is 9.59 Å². The lowest BCUT2D eigenvalue weighted by Crippen LogP contribution is -2.31. The van der Waals surface area contributed by atoms with E-state index in [1.54, 1.807) is 13.3 Å². The van der Waals surface area contributed by atoms with Crippen LogP contribution in [0.5, 0.6) is 0 Å². The van der Waals surface area contributed by atoms with Crippen molar-refractivity contribution in [1.82, 2.24) is 0 Å². The van der Waals surface area contributed by atoms with E-state index in [1.165, 1.54) is 0 Å². The summed E-state index contributed by atoms with van der Waals surface area (Å²) in [4.78, 5) is 20.0. The molecule has 0 saturated carbocycles. The van der Waals surface area contributed by atoms with Crippen LogP contribution in [-0.4, -0.2) is 11.8 Å². The van der Waals surface area contributed by atoms with Gasteiger partial charge in [0.25, 0.3) is 0 Å². The van der Waals surface area contributed by atoms with Gasteiger partial charge < -0.3 is 9.90 Å². The lowest BCUT2D eigenvalue weighted by molar-refractivity contribution is -0.300. The van der Waals surface area contributed by atoms with E-state index in [0.29, 0.717) is 6.42 Å². The van der Waals surface area contributed by atoms with Crippen LogP contribution in [0.3, 0.4) is 0 Å². The van der Waals surface area contributed by atoms with Crippen LogP contribution >= 0.6 is 0 Å². The average Bonchev–Trinajstić information content (AvgIpc) is 1.82. The van der Waals surface area contributed by atoms with Crippen molar-refractivity contribution in [3.8, 4) is 0 Å². The molecule has 0 N–H and O–H groups in total. The fraction of sp³-hybridized carbons (Fsp3) is 0.500. The molecule has 0 heterocycles. The Morgan fingerprint density at radius 3 is 2.44 bits per heavy atom. The first-order valence-corrected chi connectivity index (χ1v) is 2.70. The van der Waals surface area contributed by atoms with Crippen molar-refractivity contribution in [3.05, 3.63) is 6.42 Å². The van der Waals surface area contributed by atoms with E-state index in [9.17, 15) is 14.7 Å². The molecule has 0 atom stereocenters. The lowest BCUT2D eigenvalue weighted by Gasteiger charge is -1.94. The fourth-order valence-electron chi connectivity index (χ4n) is 0.377. The standard InChI is InChI=1S/C6H8O3/c1-2-3-4-5(7)6(8)9/h2H,3-4H2,1H3. The molecule has 0 rings (SSSR count). The summed E-state index contributed by atoms with van der Waals surface area (Å²) in [6.07, 6.45) is 2.30. The third kappa shape index (κ3) is 3.58. The molecule has 0 unspecified atom stereocenters. The number of carbonyl (C=O) groups is 2. The smallest absolute Gasteiger partial charge is 0.182 e. The molecule has 0 aromatic carbocycles. The highest BCUT2D eigenvalue weighted by Crippen LogP contribution is 1.92. The first-order valence-electron chi connectivity index (χ1n) is 2.70. The Bertz CT molecular complexity index is 117. The molecular formula is C6H8O3. The molecular weight excluding hydrogens is 120 g/mol. The van der Waals surface area contributed by atoms with Gasteiger partial charge in [0.2, 0.25) is 0 Å². The average molecular weight is 128 g/mol. The van der Waals surface area contributed by atoms with Gasteiger partial charge in [0.15, 0.2) is 5.78 Å². The van der Waals surface area contributed by atoms with Crippen LogP contribution in [0, 0.1) is 6.42 Å². The summed E-state index contributed by atoms with van der Waals surface area (Å²) in [6, 6.07) is 0. The molecule has 0 bridgehead atoms. The first kappa shape index (κ1) is 8.01. The lowest BCUT2D eigenvalue weighted by atomic mass is 10.2. The molecule has 0 aliphatic rings. The molecule has 0 amide bonds. The van der Waals surface area contributed by atoms with Crippen LogP contribution in [0.2, 0.25) is 0 Å². The zero-order valence-corrected chi connectivity index (χ0v) is 5.22. The van der Waals surface area contributed by atoms with Crippen LogP contribution in [0.4, 0.5) is 0 Å². The van der Waals surface area contributed by atoms with E-state index in [-0.39, 0.29) is 6.42 Å². The minimum atomic E-state index is -1.59. The van der Waals surface area contributed by atoms with Gasteiger partial charge in [-0.2, -0.15) is 0 Å². The quantitative estimate of drug-likeness (QED) is 0.372. The third-order valence-electron chi connectivity index (χ3n) is 0.888. The third-order valence-corrected chi connectivity index (χ3v) is 0.888. The van der Waals surface area contributed by atoms with Crippen molar-refractivity contribution in [2.24, 2.45) is 0 Å². The highest BCUT2D eigenvalue weighted by Gasteiger charge is 2.02. The predicted molar refractivity (Wildman–Crippen MR) is 29.2 cm³/mol. The topological polar surface area (TPSA) is 57.2 Å². The van der Waals surface area contributed by atoms with Crippen molar-refractivity contribution in [2.75, 3.05) is 0 Å². The number of hydrogen-bond donors (Lipinski definition) is 0. The van der Waals surface area contributed by atoms with Crippen molar-refractivity contribution in [2.45, 2.75) is 19.8 Å². The van der Waals surface area contributed by atoms with E-state index in [4.69, 9.17) is 0 Å². The van der Waals surface area contributed by atoms with Crippen LogP contribution in [0.15, 0.2) is 0 Å². The van der Waals surface area contributed by atoms with Gasteiger partial charge in [-0.15, -0.1) is 0 Å². The second kappa shape index (κ2) is 3.95. The summed E-state index contributed by atoms with van der Waals surface area (Å²) in [6.45, 7) is 1.77. The number of hydrogen-bond acceptors (Lipinski definition) is 3. The Morgan fingerprint density at radius 2 is 2.11 bits per heavy atom. The Kier molecular flexibility index (Phi) is 3.51. The van der Waals surface area contributed by atoms with Crippen LogP contribution in [0.1, 0.15) is 19.8 Å². The summed E-state index contributed by atoms with van der Waals surface area (Å²) in [7, 11) is 0. The van der Waals surface area contributed by atoms with Crippen molar-refractivity contribution < 1.29 is 14.7 Å². The molecule has 50 valence electrons. The van der Waals surface area contributed by atoms with E-state index < -0.39 is 11.8 Å². The summed E-state index contributed by atoms with van der Waals surface area (Å²) in [5, 5.41) is 9.73. The van der Waals surface area contributed by atoms with Gasteiger partial charge in [0.1, 0.15) is 5.97 Å². The molecule has 0 saturated heterocycles. The highest BCUT2D eigenvalue weighted by molar-refractivity contribution is 6.31. The predicted octanol–water partition coefficient (Wildman–Crippen LogP) is -0.690. The molecule has 3 heteroatoms. The number of carbonyl (C=O) groups excluding carboxylic acids is 2. The van der Waals surface area contributed by atoms with E-state index in [0.717, 1.165) is 0 Å². The maximum Gasteiger partial charge on any atom is 0.182 e. The largest absolute Gasteiger partial charge is 0.542 e. The molecule has 0 aliphatic heterocycles. The molecule has 9 heavy (non-hydrogen) atoms. The summed E-state index contributed by atoms with van der Waals surface area (Å²) in [5.41, 5.74) is 0. The van der Waals surface area contributed by atoms with Gasteiger partial charge in [0.05, 0.1) is 26.2 Å². The number of ketones is 1. The fourth-order valence-corrected chi connectivity index (χ4v) is 0.377. The van der Waals surface area contributed by atoms with Crippen molar-refractivity contribution >= 4 is 11.8 Å². The molecule has 0 radical (unpaired) electrons. The van der Waals surface area contributed by atoms with Crippen molar-refractivity contribution in [3.63, 3.8) is 0 Å². The number of Topliss-reactive ketones (excluding diaryl/α,β-unsaturated/α-hetero) is 1. The van der Waals surface area contributed by atoms with Gasteiger partial charge in [-0.05, 0) is 0 Å². The number of aliphatic carboxylic acids is 1. The maximum atomic E-state index is 10.2. The molecule has 0 aliphatic carbocycles. The summed E-state index contributed by atoms with van der Waals surface area (Å²) < 4.78 is 0.